The van der Waals surface area contributed by atoms with E-state index in [1.165, 1.54) is 12.1 Å². The van der Waals surface area contributed by atoms with Gasteiger partial charge in [-0.2, -0.15) is 19.6 Å². The summed E-state index contributed by atoms with van der Waals surface area (Å²) in [6.07, 6.45) is -0.762. The summed E-state index contributed by atoms with van der Waals surface area (Å²) in [5, 5.41) is 11.2. The van der Waals surface area contributed by atoms with Gasteiger partial charge in [0.15, 0.2) is 0 Å². The molecule has 0 atom stereocenters. The Hall–Kier alpha value is -2.37. The summed E-state index contributed by atoms with van der Waals surface area (Å²) < 4.78 is 159. The number of nitrogens with two attached hydrogens (primary N) is 1. The van der Waals surface area contributed by atoms with Crippen LogP contribution in [-0.2, 0) is 40.5 Å². The van der Waals surface area contributed by atoms with Gasteiger partial charge in [-0.1, -0.05) is 17.7 Å². The van der Waals surface area contributed by atoms with E-state index in [4.69, 9.17) is 17.3 Å². The molecule has 312 valence electrons. The molecule has 64 heavy (non-hydrogen) atoms. The number of hydrogen-bond acceptors (Lipinski definition) is 21. The Morgan fingerprint density at radius 2 is 1.31 bits per heavy atom. The Labute approximate surface area is 454 Å². The van der Waals surface area contributed by atoms with Gasteiger partial charge in [0.25, 0.3) is 6.08 Å². The van der Waals surface area contributed by atoms with Crippen LogP contribution in [0.1, 0.15) is 15.9 Å². The first-order valence-electron chi connectivity index (χ1n) is 15.7. The Balaban J connectivity index is 0.00000352. The summed E-state index contributed by atoms with van der Waals surface area (Å²) in [7, 11) is -21.6. The number of ketones is 1. The number of Topliss-reactive ketones (excluding diaryl/α,β-unsaturated/α-hetero) is 1. The summed E-state index contributed by atoms with van der Waals surface area (Å²) in [5.41, 5.74) is 1.74. The van der Waals surface area contributed by atoms with E-state index >= 15 is 0 Å². The summed E-state index contributed by atoms with van der Waals surface area (Å²) >= 11 is 5.95. The number of aromatic amines is 2. The molecule has 33 heteroatoms. The van der Waals surface area contributed by atoms with E-state index in [2.05, 4.69) is 40.3 Å². The van der Waals surface area contributed by atoms with Crippen molar-refractivity contribution in [3.63, 3.8) is 0 Å². The van der Waals surface area contributed by atoms with Crippen LogP contribution in [0.2, 0.25) is 5.02 Å². The first kappa shape index (κ1) is 57.8. The first-order chi connectivity index (χ1) is 27.9. The van der Waals surface area contributed by atoms with Crippen LogP contribution in [0.4, 0.5) is 38.5 Å². The third-order valence-corrected chi connectivity index (χ3v) is 11.4. The number of nitrogen functional groups attached to an aromatic ring is 1. The molecule has 0 fully saturated rings. The van der Waals surface area contributed by atoms with Crippen LogP contribution < -0.4 is 141 Å². The number of H-pyrrole nitrogens is 2. The number of nitrogens with one attached hydrogen (secondary N) is 3. The van der Waals surface area contributed by atoms with Gasteiger partial charge in [0.05, 0.1) is 53.6 Å². The standard InChI is InChI=1S/C31H22ClFN10O13S4.4Na/c32-15-2-1-3-17(12-15)35-30-37-29(33)38-31(39-30)36-18-6-9-21(58(48,49)50)20(13-18)41-43-27-23(60(54,55)56)11-14-10-22(59(51,52)53)26(25(34)24(14)28(27)44)42-40-16-4-7-19(8-5-16)57(45,46)47;;;;/h1-13,41H,34H2,(H,45,46,47)(H,48,49,50)(H,51,52,53)(H,54,55,56)(H2,35,36,37,38,39);;;;/q;4*+1/p-4/b42-40?,43-27-;;;;. The first-order valence-corrected chi connectivity index (χ1v) is 21.7. The Morgan fingerprint density at radius 1 is 0.703 bits per heavy atom. The van der Waals surface area contributed by atoms with E-state index in [-0.39, 0.29) is 147 Å². The molecule has 0 bridgehead atoms. The zero-order chi connectivity index (χ0) is 43.9. The smallest absolute Gasteiger partial charge is 0.744 e. The predicted octanol–water partition coefficient (Wildman–Crippen LogP) is -9.73. The Kier molecular flexibility index (Phi) is 20.4. The van der Waals surface area contributed by atoms with Crippen molar-refractivity contribution < 1.29 is 179 Å². The Bertz CT molecular complexity index is 3380. The molecule has 4 aromatic carbocycles. The average Bonchev–Trinajstić information content (AvgIpc) is 3.12. The minimum absolute atomic E-state index is 0. The van der Waals surface area contributed by atoms with Crippen molar-refractivity contribution in [2.75, 3.05) is 11.2 Å². The molecule has 1 aromatic heterocycles. The van der Waals surface area contributed by atoms with E-state index in [9.17, 15) is 61.1 Å². The minimum atomic E-state index is -5.73. The van der Waals surface area contributed by atoms with Crippen molar-refractivity contribution in [1.82, 2.24) is 15.0 Å². The maximum absolute atomic E-state index is 14.4. The molecule has 1 aliphatic carbocycles. The van der Waals surface area contributed by atoms with Gasteiger partial charge in [-0.05, 0) is 78.4 Å². The fourth-order valence-corrected chi connectivity index (χ4v) is 7.74. The number of hydrogen-bond donors (Lipinski definition) is 4. The van der Waals surface area contributed by atoms with Crippen molar-refractivity contribution in [3.8, 4) is 0 Å². The van der Waals surface area contributed by atoms with Gasteiger partial charge >= 0.3 is 118 Å². The van der Waals surface area contributed by atoms with E-state index in [0.29, 0.717) is 23.2 Å². The predicted molar refractivity (Wildman–Crippen MR) is 200 cm³/mol. The van der Waals surface area contributed by atoms with Crippen LogP contribution in [0.25, 0.3) is 6.08 Å². The Morgan fingerprint density at radius 3 is 1.89 bits per heavy atom. The zero-order valence-electron chi connectivity index (χ0n) is 33.0. The van der Waals surface area contributed by atoms with E-state index in [1.807, 2.05) is 5.43 Å². The number of aromatic nitrogens is 3. The number of allylic oxidation sites excluding steroid dienone is 1. The monoisotopic (exact) mass is 1010 g/mol. The van der Waals surface area contributed by atoms with Crippen LogP contribution in [0.5, 0.6) is 0 Å². The van der Waals surface area contributed by atoms with Crippen LogP contribution in [0, 0.1) is 6.08 Å². The molecule has 0 saturated carbocycles. The molecular formula is C31H18ClFN10Na4O13S4. The van der Waals surface area contributed by atoms with Crippen LogP contribution in [-0.4, -0.2) is 78.3 Å². The maximum Gasteiger partial charge on any atom is 1.00 e. The fourth-order valence-electron chi connectivity index (χ4n) is 5.17. The molecule has 0 aliphatic heterocycles. The quantitative estimate of drug-likeness (QED) is 0.0332. The molecule has 5 N–H and O–H groups in total. The number of carbonyl (C=O) groups excluding carboxylic acids is 1. The second-order valence-corrected chi connectivity index (χ2v) is 17.6. The number of nitrogens with zero attached hydrogens (tertiary/aromatic N) is 6. The number of halogens is 2. The molecule has 6 rings (SSSR count). The fraction of sp³-hybridized carbons (Fsp3) is 0. The summed E-state index contributed by atoms with van der Waals surface area (Å²) in [6, 6.07) is 12.6. The van der Waals surface area contributed by atoms with Crippen LogP contribution in [0.3, 0.4) is 0 Å². The number of azo groups is 1. The number of hydrazone groups is 1. The average molecular weight is 1010 g/mol. The van der Waals surface area contributed by atoms with Gasteiger partial charge in [0.1, 0.15) is 51.9 Å². The van der Waals surface area contributed by atoms with Crippen molar-refractivity contribution in [2.24, 2.45) is 25.3 Å². The SMILES string of the molecule is Nc1c(N=Nc2ccc(S(=O)(=O)[O-])cc2)c(S(=O)(=O)[O-])cc2c1C(=O)/C(=N\Nc1cc(N=c3[nH]c(F)nc(=Nc4cccc(Cl)c4)[nH]3)ccc1S(=O)(=O)[O-])C(S(=O)(=O)[O-])=C2.[Na+].[Na+].[Na+].[Na+]. The van der Waals surface area contributed by atoms with Gasteiger partial charge in [0.2, 0.25) is 17.0 Å². The normalized spacial score (nSPS) is 14.1. The third-order valence-electron chi connectivity index (χ3n) is 7.69. The topological polar surface area (TPSA) is 390 Å². The number of benzene rings is 4. The van der Waals surface area contributed by atoms with Gasteiger partial charge in [-0.3, -0.25) is 20.2 Å². The van der Waals surface area contributed by atoms with E-state index in [1.54, 1.807) is 12.1 Å². The van der Waals surface area contributed by atoms with Crippen molar-refractivity contribution in [2.45, 2.75) is 14.7 Å². The second kappa shape index (κ2) is 22.6. The maximum atomic E-state index is 14.4. The minimum Gasteiger partial charge on any atom is -0.744 e. The van der Waals surface area contributed by atoms with Crippen molar-refractivity contribution >= 4 is 104 Å². The molecule has 23 nitrogen and oxygen atoms in total. The number of anilines is 2. The van der Waals surface area contributed by atoms with Gasteiger partial charge in [-0.15, -0.1) is 5.11 Å². The van der Waals surface area contributed by atoms with Crippen LogP contribution in [0.15, 0.2) is 118 Å². The summed E-state index contributed by atoms with van der Waals surface area (Å²) in [4.78, 5) is 25.9. The second-order valence-electron chi connectivity index (χ2n) is 11.7. The van der Waals surface area contributed by atoms with Crippen molar-refractivity contribution in [1.29, 1.82) is 0 Å². The molecule has 5 aromatic rings. The van der Waals surface area contributed by atoms with E-state index in [0.717, 1.165) is 36.4 Å². The molecule has 1 heterocycles. The number of fused-ring (bicyclic) bond motifs is 1. The summed E-state index contributed by atoms with van der Waals surface area (Å²) in [6.45, 7) is 0. The largest absolute Gasteiger partial charge is 1.00 e. The molecule has 0 spiro atoms. The van der Waals surface area contributed by atoms with Gasteiger partial charge in [0, 0.05) is 5.02 Å². The summed E-state index contributed by atoms with van der Waals surface area (Å²) in [5.74, 6) is -1.54. The molecule has 0 unspecified atom stereocenters. The molecule has 0 radical (unpaired) electrons. The number of carbonyl (C=O) groups is 1. The van der Waals surface area contributed by atoms with Gasteiger partial charge < -0.3 is 23.9 Å². The zero-order valence-corrected chi connectivity index (χ0v) is 45.0. The van der Waals surface area contributed by atoms with E-state index < -0.39 is 106 Å². The number of rotatable bonds is 10. The van der Waals surface area contributed by atoms with Crippen LogP contribution >= 0.6 is 11.6 Å². The molecule has 0 amide bonds. The van der Waals surface area contributed by atoms with Crippen molar-refractivity contribution in [3.05, 3.63) is 111 Å². The molecule has 0 saturated heterocycles. The third kappa shape index (κ3) is 14.1. The molecular weight excluding hydrogens is 995 g/mol. The molecule has 1 aliphatic rings. The van der Waals surface area contributed by atoms with Gasteiger partial charge in [-0.25, -0.2) is 43.7 Å².